The third-order valence-corrected chi connectivity index (χ3v) is 2.93. The highest BCUT2D eigenvalue weighted by Gasteiger charge is 2.21. The number of phosphoric ester groups is 1. The maximum absolute atomic E-state index is 11.4. The first-order chi connectivity index (χ1) is 7.77. The number of ether oxygens (including phenoxy) is 1. The van der Waals surface area contributed by atoms with Gasteiger partial charge in [-0.25, -0.2) is 4.57 Å². The number of likely N-dealkylation sites (N-methyl/N-ethyl adjacent to an activating group) is 1. The van der Waals surface area contributed by atoms with Crippen LogP contribution in [0.4, 0.5) is 0 Å². The Morgan fingerprint density at radius 1 is 1.12 bits per heavy atom. The van der Waals surface area contributed by atoms with E-state index in [0.29, 0.717) is 30.7 Å². The van der Waals surface area contributed by atoms with Gasteiger partial charge in [0.2, 0.25) is 0 Å². The molecule has 1 N–H and O–H groups in total. The van der Waals surface area contributed by atoms with E-state index < -0.39 is 7.82 Å². The van der Waals surface area contributed by atoms with E-state index in [4.69, 9.17) is 13.8 Å². The van der Waals surface area contributed by atoms with Gasteiger partial charge in [-0.1, -0.05) is 0 Å². The van der Waals surface area contributed by atoms with E-state index in [9.17, 15) is 9.46 Å². The van der Waals surface area contributed by atoms with E-state index in [-0.39, 0.29) is 13.2 Å². The molecule has 0 aliphatic carbocycles. The first kappa shape index (κ1) is 17.0. The van der Waals surface area contributed by atoms with E-state index in [2.05, 4.69) is 0 Å². The number of phosphoric acid groups is 1. The Hall–Kier alpha value is 0.0300. The van der Waals surface area contributed by atoms with Gasteiger partial charge in [0.05, 0.1) is 27.7 Å². The fraction of sp³-hybridized carbons (Fsp3) is 1.00. The fourth-order valence-corrected chi connectivity index (χ4v) is 1.70. The summed E-state index contributed by atoms with van der Waals surface area (Å²) in [5, 5.41) is 0. The summed E-state index contributed by atoms with van der Waals surface area (Å²) in [5.41, 5.74) is 0. The molecule has 0 saturated carbocycles. The molecule has 104 valence electrons. The molecule has 0 bridgehead atoms. The fourth-order valence-electron chi connectivity index (χ4n) is 0.953. The molecule has 17 heavy (non-hydrogen) atoms. The number of hydrogen-bond acceptors (Lipinski definition) is 4. The van der Waals surface area contributed by atoms with Gasteiger partial charge < -0.3 is 14.1 Å². The van der Waals surface area contributed by atoms with Crippen LogP contribution in [0.5, 0.6) is 0 Å². The van der Waals surface area contributed by atoms with Crippen LogP contribution in [0.1, 0.15) is 13.3 Å². The Morgan fingerprint density at radius 3 is 2.24 bits per heavy atom. The summed E-state index contributed by atoms with van der Waals surface area (Å²) in [5.74, 6) is 0. The van der Waals surface area contributed by atoms with Crippen LogP contribution in [0.15, 0.2) is 0 Å². The summed E-state index contributed by atoms with van der Waals surface area (Å²) in [6.07, 6.45) is 0.580. The van der Waals surface area contributed by atoms with Crippen LogP contribution in [0.25, 0.3) is 0 Å². The second kappa shape index (κ2) is 8.19. The summed E-state index contributed by atoms with van der Waals surface area (Å²) in [4.78, 5) is 9.33. The summed E-state index contributed by atoms with van der Waals surface area (Å²) < 4.78 is 26.8. The maximum atomic E-state index is 11.4. The van der Waals surface area contributed by atoms with Crippen molar-refractivity contribution in [1.29, 1.82) is 0 Å². The molecule has 1 unspecified atom stereocenters. The predicted octanol–water partition coefficient (Wildman–Crippen LogP) is 1.25. The standard InChI is InChI=1S/C10H24NO5P/c1-5-14-8-6-9-15-17(12,13)16-10-7-11(2,3)4/h5-10H2,1-4H3/p+1. The van der Waals surface area contributed by atoms with Crippen LogP contribution in [0.3, 0.4) is 0 Å². The second-order valence-electron chi connectivity index (χ2n) is 4.70. The molecular formula is C10H25NO5P+. The van der Waals surface area contributed by atoms with Crippen LogP contribution in [0, 0.1) is 0 Å². The molecule has 0 rings (SSSR count). The van der Waals surface area contributed by atoms with Gasteiger partial charge in [-0.3, -0.25) is 9.05 Å². The number of quaternary nitrogens is 1. The lowest BCUT2D eigenvalue weighted by atomic mass is 10.5. The predicted molar refractivity (Wildman–Crippen MR) is 65.7 cm³/mol. The number of rotatable bonds is 10. The molecule has 0 radical (unpaired) electrons. The monoisotopic (exact) mass is 270 g/mol. The van der Waals surface area contributed by atoms with Gasteiger partial charge in [0.1, 0.15) is 13.2 Å². The highest BCUT2D eigenvalue weighted by molar-refractivity contribution is 7.47. The van der Waals surface area contributed by atoms with Crippen molar-refractivity contribution in [2.45, 2.75) is 13.3 Å². The smallest absolute Gasteiger partial charge is 0.382 e. The molecule has 0 aromatic heterocycles. The molecule has 0 saturated heterocycles. The SMILES string of the molecule is CCOCCCOP(=O)(O)OCC[N+](C)(C)C. The van der Waals surface area contributed by atoms with Crippen molar-refractivity contribution in [3.63, 3.8) is 0 Å². The van der Waals surface area contributed by atoms with E-state index >= 15 is 0 Å². The largest absolute Gasteiger partial charge is 0.472 e. The quantitative estimate of drug-likeness (QED) is 0.368. The zero-order valence-electron chi connectivity index (χ0n) is 11.2. The Balaban J connectivity index is 3.62. The number of nitrogens with zero attached hydrogens (tertiary/aromatic N) is 1. The Bertz CT molecular complexity index is 241. The summed E-state index contributed by atoms with van der Waals surface area (Å²) >= 11 is 0. The molecule has 0 aromatic rings. The minimum atomic E-state index is -3.89. The Labute approximate surface area is 104 Å². The van der Waals surface area contributed by atoms with Gasteiger partial charge in [-0.2, -0.15) is 0 Å². The third kappa shape index (κ3) is 12.3. The molecule has 0 spiro atoms. The molecule has 0 aromatic carbocycles. The lowest BCUT2D eigenvalue weighted by molar-refractivity contribution is -0.870. The topological polar surface area (TPSA) is 65.0 Å². The third-order valence-electron chi connectivity index (χ3n) is 1.91. The van der Waals surface area contributed by atoms with Gasteiger partial charge in [0, 0.05) is 13.2 Å². The van der Waals surface area contributed by atoms with Gasteiger partial charge in [0.25, 0.3) is 0 Å². The van der Waals surface area contributed by atoms with E-state index in [1.54, 1.807) is 0 Å². The van der Waals surface area contributed by atoms with Crippen molar-refractivity contribution in [3.8, 4) is 0 Å². The van der Waals surface area contributed by atoms with Crippen molar-refractivity contribution < 1.29 is 27.7 Å². The zero-order chi connectivity index (χ0) is 13.4. The van der Waals surface area contributed by atoms with Crippen LogP contribution in [-0.2, 0) is 18.3 Å². The number of hydrogen-bond donors (Lipinski definition) is 1. The summed E-state index contributed by atoms with van der Waals surface area (Å²) in [6.45, 7) is 4.06. The zero-order valence-corrected chi connectivity index (χ0v) is 12.1. The van der Waals surface area contributed by atoms with Crippen molar-refractivity contribution in [3.05, 3.63) is 0 Å². The minimum Gasteiger partial charge on any atom is -0.382 e. The maximum Gasteiger partial charge on any atom is 0.472 e. The van der Waals surface area contributed by atoms with E-state index in [1.807, 2.05) is 28.1 Å². The summed E-state index contributed by atoms with van der Waals surface area (Å²) in [7, 11) is 2.05. The normalized spacial score (nSPS) is 15.8. The highest BCUT2D eigenvalue weighted by atomic mass is 31.2. The van der Waals surface area contributed by atoms with Gasteiger partial charge >= 0.3 is 7.82 Å². The first-order valence-electron chi connectivity index (χ1n) is 5.77. The molecule has 7 heteroatoms. The average molecular weight is 270 g/mol. The highest BCUT2D eigenvalue weighted by Crippen LogP contribution is 2.42. The van der Waals surface area contributed by atoms with Crippen molar-refractivity contribution in [1.82, 2.24) is 0 Å². The minimum absolute atomic E-state index is 0.165. The Kier molecular flexibility index (Phi) is 8.20. The molecular weight excluding hydrogens is 245 g/mol. The molecule has 0 amide bonds. The van der Waals surface area contributed by atoms with Crippen LogP contribution >= 0.6 is 7.82 Å². The molecule has 0 heterocycles. The lowest BCUT2D eigenvalue weighted by Crippen LogP contribution is -2.37. The van der Waals surface area contributed by atoms with Gasteiger partial charge in [-0.15, -0.1) is 0 Å². The van der Waals surface area contributed by atoms with Gasteiger partial charge in [0.15, 0.2) is 0 Å². The van der Waals surface area contributed by atoms with Crippen LogP contribution < -0.4 is 0 Å². The Morgan fingerprint density at radius 2 is 1.71 bits per heavy atom. The van der Waals surface area contributed by atoms with Crippen molar-refractivity contribution >= 4 is 7.82 Å². The van der Waals surface area contributed by atoms with Gasteiger partial charge in [-0.05, 0) is 13.3 Å². The molecule has 6 nitrogen and oxygen atoms in total. The van der Waals surface area contributed by atoms with Crippen molar-refractivity contribution in [2.24, 2.45) is 0 Å². The van der Waals surface area contributed by atoms with E-state index in [0.717, 1.165) is 0 Å². The molecule has 0 aliphatic heterocycles. The average Bonchev–Trinajstić information content (AvgIpc) is 2.14. The lowest BCUT2D eigenvalue weighted by Gasteiger charge is -2.24. The van der Waals surface area contributed by atoms with Crippen molar-refractivity contribution in [2.75, 3.05) is 54.1 Å². The van der Waals surface area contributed by atoms with E-state index in [1.165, 1.54) is 0 Å². The summed E-state index contributed by atoms with van der Waals surface area (Å²) in [6, 6.07) is 0. The second-order valence-corrected chi connectivity index (χ2v) is 6.15. The molecule has 1 atom stereocenters. The first-order valence-corrected chi connectivity index (χ1v) is 7.26. The molecule has 0 aliphatic rings. The van der Waals surface area contributed by atoms with Crippen LogP contribution in [0.2, 0.25) is 0 Å². The van der Waals surface area contributed by atoms with Crippen LogP contribution in [-0.4, -0.2) is 63.5 Å². The molecule has 0 fully saturated rings.